The van der Waals surface area contributed by atoms with Gasteiger partial charge in [0.2, 0.25) is 0 Å². The van der Waals surface area contributed by atoms with Crippen molar-refractivity contribution in [1.82, 2.24) is 9.78 Å². The molecule has 24 heavy (non-hydrogen) atoms. The Bertz CT molecular complexity index is 872. The third-order valence-corrected chi connectivity index (χ3v) is 4.60. The zero-order chi connectivity index (χ0) is 17.1. The predicted molar refractivity (Wildman–Crippen MR) is 96.3 cm³/mol. The molecule has 2 aromatic heterocycles. The first-order valence-electron chi connectivity index (χ1n) is 7.26. The molecule has 5 nitrogen and oxygen atoms in total. The highest BCUT2D eigenvalue weighted by atomic mass is 35.5. The third kappa shape index (κ3) is 3.77. The number of thiophene rings is 1. The average Bonchev–Trinajstić information content (AvgIpc) is 3.17. The summed E-state index contributed by atoms with van der Waals surface area (Å²) in [5.74, 6) is 0.477. The minimum Gasteiger partial charge on any atom is -0.495 e. The maximum absolute atomic E-state index is 12.5. The summed E-state index contributed by atoms with van der Waals surface area (Å²) >= 11 is 7.25. The summed E-state index contributed by atoms with van der Waals surface area (Å²) in [6, 6.07) is 7.52. The van der Waals surface area contributed by atoms with Crippen LogP contribution < -0.4 is 10.1 Å². The van der Waals surface area contributed by atoms with Crippen LogP contribution >= 0.6 is 22.9 Å². The molecule has 0 radical (unpaired) electrons. The SMILES string of the molecule is COc1ccc(C)cc1NC(=O)c1cc(Cn2cc(Cl)cn2)cs1. The normalized spacial score (nSPS) is 10.6. The molecule has 124 valence electrons. The first kappa shape index (κ1) is 16.5. The smallest absolute Gasteiger partial charge is 0.265 e. The van der Waals surface area contributed by atoms with E-state index in [1.807, 2.05) is 36.6 Å². The Morgan fingerprint density at radius 3 is 2.96 bits per heavy atom. The molecule has 3 aromatic rings. The van der Waals surface area contributed by atoms with E-state index in [0.29, 0.717) is 27.9 Å². The lowest BCUT2D eigenvalue weighted by Gasteiger charge is -2.10. The second-order valence-electron chi connectivity index (χ2n) is 5.33. The van der Waals surface area contributed by atoms with Crippen molar-refractivity contribution in [3.8, 4) is 5.75 Å². The Labute approximate surface area is 148 Å². The fraction of sp³-hybridized carbons (Fsp3) is 0.176. The van der Waals surface area contributed by atoms with Gasteiger partial charge < -0.3 is 10.1 Å². The third-order valence-electron chi connectivity index (χ3n) is 3.43. The average molecular weight is 362 g/mol. The Morgan fingerprint density at radius 1 is 1.42 bits per heavy atom. The molecule has 1 N–H and O–H groups in total. The van der Waals surface area contributed by atoms with Gasteiger partial charge in [0.15, 0.2) is 0 Å². The number of ether oxygens (including phenoxy) is 1. The fourth-order valence-electron chi connectivity index (χ4n) is 2.29. The summed E-state index contributed by atoms with van der Waals surface area (Å²) < 4.78 is 7.02. The van der Waals surface area contributed by atoms with Crippen LogP contribution in [0.3, 0.4) is 0 Å². The molecule has 0 aliphatic heterocycles. The van der Waals surface area contributed by atoms with Gasteiger partial charge in [-0.15, -0.1) is 11.3 Å². The Hall–Kier alpha value is -2.31. The summed E-state index contributed by atoms with van der Waals surface area (Å²) in [7, 11) is 1.58. The highest BCUT2D eigenvalue weighted by Crippen LogP contribution is 2.26. The summed E-state index contributed by atoms with van der Waals surface area (Å²) in [5, 5.41) is 9.58. The van der Waals surface area contributed by atoms with E-state index in [1.165, 1.54) is 11.3 Å². The molecule has 0 aliphatic carbocycles. The monoisotopic (exact) mass is 361 g/mol. The molecule has 1 aromatic carbocycles. The van der Waals surface area contributed by atoms with E-state index in [2.05, 4.69) is 10.4 Å². The second kappa shape index (κ2) is 7.07. The maximum atomic E-state index is 12.5. The molecule has 2 heterocycles. The number of nitrogens with zero attached hydrogens (tertiary/aromatic N) is 2. The number of carbonyl (C=O) groups excluding carboxylic acids is 1. The molecule has 1 amide bonds. The van der Waals surface area contributed by atoms with Crippen LogP contribution in [0.2, 0.25) is 5.02 Å². The van der Waals surface area contributed by atoms with Crippen LogP contribution in [-0.4, -0.2) is 22.8 Å². The second-order valence-corrected chi connectivity index (χ2v) is 6.68. The number of rotatable bonds is 5. The molecule has 0 saturated heterocycles. The molecule has 0 saturated carbocycles. The molecule has 0 spiro atoms. The first-order chi connectivity index (χ1) is 11.5. The largest absolute Gasteiger partial charge is 0.495 e. The van der Waals surface area contributed by atoms with Crippen LogP contribution in [0.15, 0.2) is 42.0 Å². The lowest BCUT2D eigenvalue weighted by Crippen LogP contribution is -2.11. The van der Waals surface area contributed by atoms with Gasteiger partial charge in [-0.3, -0.25) is 9.48 Å². The number of hydrogen-bond donors (Lipinski definition) is 1. The molecule has 0 aliphatic rings. The number of carbonyl (C=O) groups is 1. The standard InChI is InChI=1S/C17H16ClN3O2S/c1-11-3-4-15(23-2)14(5-11)20-17(22)16-6-12(10-24-16)8-21-9-13(18)7-19-21/h3-7,9-10H,8H2,1-2H3,(H,20,22). The van der Waals surface area contributed by atoms with Gasteiger partial charge in [0.05, 0.1) is 35.4 Å². The Kier molecular flexibility index (Phi) is 4.87. The van der Waals surface area contributed by atoms with Crippen molar-refractivity contribution in [2.45, 2.75) is 13.5 Å². The van der Waals surface area contributed by atoms with Gasteiger partial charge in [-0.2, -0.15) is 5.10 Å². The number of amides is 1. The summed E-state index contributed by atoms with van der Waals surface area (Å²) in [6.45, 7) is 2.54. The zero-order valence-corrected chi connectivity index (χ0v) is 14.8. The van der Waals surface area contributed by atoms with Crippen molar-refractivity contribution < 1.29 is 9.53 Å². The summed E-state index contributed by atoms with van der Waals surface area (Å²) in [6.07, 6.45) is 3.34. The number of halogens is 1. The van der Waals surface area contributed by atoms with E-state index >= 15 is 0 Å². The minimum absolute atomic E-state index is 0.159. The fourth-order valence-corrected chi connectivity index (χ4v) is 3.25. The van der Waals surface area contributed by atoms with Crippen molar-refractivity contribution in [3.05, 3.63) is 63.1 Å². The maximum Gasteiger partial charge on any atom is 0.265 e. The van der Waals surface area contributed by atoms with Crippen LogP contribution in [-0.2, 0) is 6.54 Å². The van der Waals surface area contributed by atoms with Crippen LogP contribution in [0.1, 0.15) is 20.8 Å². The van der Waals surface area contributed by atoms with Crippen LogP contribution in [0, 0.1) is 6.92 Å². The van der Waals surface area contributed by atoms with Gasteiger partial charge in [-0.1, -0.05) is 17.7 Å². The molecular formula is C17H16ClN3O2S. The highest BCUT2D eigenvalue weighted by molar-refractivity contribution is 7.12. The molecule has 3 rings (SSSR count). The number of aromatic nitrogens is 2. The number of anilines is 1. The van der Waals surface area contributed by atoms with E-state index in [1.54, 1.807) is 24.2 Å². The van der Waals surface area contributed by atoms with E-state index in [0.717, 1.165) is 11.1 Å². The van der Waals surface area contributed by atoms with Gasteiger partial charge in [-0.25, -0.2) is 0 Å². The van der Waals surface area contributed by atoms with E-state index < -0.39 is 0 Å². The van der Waals surface area contributed by atoms with Crippen molar-refractivity contribution >= 4 is 34.5 Å². The minimum atomic E-state index is -0.159. The van der Waals surface area contributed by atoms with Gasteiger partial charge >= 0.3 is 0 Å². The topological polar surface area (TPSA) is 56.1 Å². The molecule has 0 fully saturated rings. The number of aryl methyl sites for hydroxylation is 1. The van der Waals surface area contributed by atoms with E-state index in [9.17, 15) is 4.79 Å². The zero-order valence-electron chi connectivity index (χ0n) is 13.2. The predicted octanol–water partition coefficient (Wildman–Crippen LogP) is 4.22. The molecule has 0 atom stereocenters. The lowest BCUT2D eigenvalue weighted by atomic mass is 10.2. The van der Waals surface area contributed by atoms with Crippen molar-refractivity contribution in [2.75, 3.05) is 12.4 Å². The highest BCUT2D eigenvalue weighted by Gasteiger charge is 2.13. The van der Waals surface area contributed by atoms with Crippen molar-refractivity contribution in [2.24, 2.45) is 0 Å². The molecule has 0 unspecified atom stereocenters. The summed E-state index contributed by atoms with van der Waals surface area (Å²) in [4.78, 5) is 13.1. The first-order valence-corrected chi connectivity index (χ1v) is 8.52. The van der Waals surface area contributed by atoms with Gasteiger partial charge in [0.25, 0.3) is 5.91 Å². The quantitative estimate of drug-likeness (QED) is 0.740. The van der Waals surface area contributed by atoms with E-state index in [4.69, 9.17) is 16.3 Å². The van der Waals surface area contributed by atoms with Gasteiger partial charge in [0.1, 0.15) is 5.75 Å². The van der Waals surface area contributed by atoms with Crippen LogP contribution in [0.4, 0.5) is 5.69 Å². The number of benzene rings is 1. The number of nitrogens with one attached hydrogen (secondary N) is 1. The summed E-state index contributed by atoms with van der Waals surface area (Å²) in [5.41, 5.74) is 2.71. The van der Waals surface area contributed by atoms with Crippen LogP contribution in [0.25, 0.3) is 0 Å². The molecular weight excluding hydrogens is 346 g/mol. The molecule has 0 bridgehead atoms. The number of methoxy groups -OCH3 is 1. The van der Waals surface area contributed by atoms with Crippen molar-refractivity contribution in [1.29, 1.82) is 0 Å². The Morgan fingerprint density at radius 2 is 2.25 bits per heavy atom. The van der Waals surface area contributed by atoms with Gasteiger partial charge in [0, 0.05) is 6.20 Å². The lowest BCUT2D eigenvalue weighted by molar-refractivity contribution is 0.103. The van der Waals surface area contributed by atoms with Gasteiger partial charge in [-0.05, 0) is 41.6 Å². The number of hydrogen-bond acceptors (Lipinski definition) is 4. The van der Waals surface area contributed by atoms with Crippen molar-refractivity contribution in [3.63, 3.8) is 0 Å². The van der Waals surface area contributed by atoms with E-state index in [-0.39, 0.29) is 5.91 Å². The van der Waals surface area contributed by atoms with Crippen LogP contribution in [0.5, 0.6) is 5.75 Å². The Balaban J connectivity index is 1.73. The molecule has 7 heteroatoms.